The Morgan fingerprint density at radius 2 is 0.619 bits per heavy atom. The van der Waals surface area contributed by atoms with Crippen LogP contribution in [0, 0.1) is 0 Å². The number of ether oxygens (including phenoxy) is 24. The summed E-state index contributed by atoms with van der Waals surface area (Å²) in [6, 6.07) is 4.82. The molecule has 516 valence electrons. The third-order valence-electron chi connectivity index (χ3n) is 16.9. The molecule has 97 heavy (non-hydrogen) atoms. The number of hydrogen-bond acceptors (Lipinski definition) is 30. The fourth-order valence-corrected chi connectivity index (χ4v) is 13.1. The van der Waals surface area contributed by atoms with E-state index in [2.05, 4.69) is 0 Å². The van der Waals surface area contributed by atoms with E-state index in [1.54, 1.807) is 0 Å². The molecule has 0 radical (unpaired) electrons. The summed E-state index contributed by atoms with van der Waals surface area (Å²) in [7, 11) is 23.5. The van der Waals surface area contributed by atoms with Crippen LogP contribution in [0.1, 0.15) is 79.2 Å². The van der Waals surface area contributed by atoms with Gasteiger partial charge in [0.2, 0.25) is 34.5 Å². The lowest BCUT2D eigenvalue weighted by atomic mass is 9.73. The molecule has 0 fully saturated rings. The Kier molecular flexibility index (Phi) is 19.4. The molecule has 0 amide bonds. The minimum Gasteiger partial charge on any atom is -0.493 e. The molecule has 0 unspecified atom stereocenters. The van der Waals surface area contributed by atoms with Crippen molar-refractivity contribution in [1.82, 2.24) is 0 Å². The molecule has 0 aliphatic carbocycles. The van der Waals surface area contributed by atoms with Gasteiger partial charge in [-0.05, 0) is 24.3 Å². The van der Waals surface area contributed by atoms with Crippen molar-refractivity contribution in [2.45, 2.75) is 30.3 Å². The fraction of sp³-hybridized carbons (Fsp3) is 0.373. The molecule has 0 saturated carbocycles. The number of fused-ring (bicyclic) bond motifs is 13. The van der Waals surface area contributed by atoms with Crippen LogP contribution in [-0.2, 0) is 28.4 Å². The van der Waals surface area contributed by atoms with E-state index in [1.807, 2.05) is 0 Å². The highest BCUT2D eigenvalue weighted by Gasteiger charge is 2.58. The smallest absolute Gasteiger partial charge is 0.340 e. The lowest BCUT2D eigenvalue weighted by Crippen LogP contribution is -2.56. The number of methoxy groups -OCH3 is 19. The zero-order chi connectivity index (χ0) is 70.3. The molecule has 4 heterocycles. The average molecular weight is 1350 g/mol. The van der Waals surface area contributed by atoms with Gasteiger partial charge in [0.05, 0.1) is 174 Å². The Labute approximate surface area is 554 Å². The van der Waals surface area contributed by atoms with Crippen LogP contribution in [0.25, 0.3) is 33.4 Å². The van der Waals surface area contributed by atoms with Crippen LogP contribution in [0.3, 0.4) is 0 Å². The Morgan fingerprint density at radius 1 is 0.299 bits per heavy atom. The number of cyclic esters (lactones) is 1. The molecule has 4 aliphatic rings. The van der Waals surface area contributed by atoms with Gasteiger partial charge in [0.25, 0.3) is 0 Å². The van der Waals surface area contributed by atoms with E-state index in [0.29, 0.717) is 0 Å². The summed E-state index contributed by atoms with van der Waals surface area (Å²) < 4.78 is 148. The van der Waals surface area contributed by atoms with Crippen LogP contribution in [0.4, 0.5) is 0 Å². The molecule has 6 aromatic rings. The minimum absolute atomic E-state index is 0.0890. The monoisotopic (exact) mass is 1350 g/mol. The maximum atomic E-state index is 17.2. The lowest BCUT2D eigenvalue weighted by molar-refractivity contribution is -0.135. The summed E-state index contributed by atoms with van der Waals surface area (Å²) in [4.78, 5) is 97.0. The van der Waals surface area contributed by atoms with Gasteiger partial charge in [-0.3, -0.25) is 0 Å². The Morgan fingerprint density at radius 3 is 1.04 bits per heavy atom. The normalized spacial score (nSPS) is 17.2. The van der Waals surface area contributed by atoms with Crippen LogP contribution < -0.4 is 85.3 Å². The maximum Gasteiger partial charge on any atom is 0.340 e. The molecule has 10 rings (SSSR count). The predicted octanol–water partition coefficient (Wildman–Crippen LogP) is 7.77. The van der Waals surface area contributed by atoms with Crippen molar-refractivity contribution in [3.63, 3.8) is 0 Å². The summed E-state index contributed by atoms with van der Waals surface area (Å²) >= 11 is 0. The fourth-order valence-electron chi connectivity index (χ4n) is 13.1. The molecule has 30 nitrogen and oxygen atoms in total. The third kappa shape index (κ3) is 10.4. The zero-order valence-corrected chi connectivity index (χ0v) is 56.2. The first-order chi connectivity index (χ1) is 46.8. The van der Waals surface area contributed by atoms with Gasteiger partial charge < -0.3 is 114 Å². The van der Waals surface area contributed by atoms with Crippen LogP contribution >= 0.6 is 0 Å². The van der Waals surface area contributed by atoms with Crippen molar-refractivity contribution in [3.8, 4) is 137 Å². The van der Waals surface area contributed by atoms with E-state index in [0.717, 1.165) is 7.11 Å². The van der Waals surface area contributed by atoms with Crippen LogP contribution in [0.15, 0.2) is 24.3 Å². The van der Waals surface area contributed by atoms with Crippen LogP contribution in [0.5, 0.6) is 103 Å². The first-order valence-corrected chi connectivity index (χ1v) is 29.0. The maximum absolute atomic E-state index is 17.2. The van der Waals surface area contributed by atoms with Gasteiger partial charge in [0, 0.05) is 44.5 Å². The molecule has 4 aliphatic heterocycles. The second-order valence-corrected chi connectivity index (χ2v) is 20.9. The van der Waals surface area contributed by atoms with E-state index in [1.165, 1.54) is 152 Å². The molecule has 4 bridgehead atoms. The van der Waals surface area contributed by atoms with Crippen molar-refractivity contribution in [2.75, 3.05) is 142 Å². The number of hydrogen-bond donors (Lipinski definition) is 0. The van der Waals surface area contributed by atoms with Gasteiger partial charge in [0.15, 0.2) is 93.4 Å². The summed E-state index contributed by atoms with van der Waals surface area (Å²) in [6.45, 7) is -1.16. The second kappa shape index (κ2) is 27.5. The molecule has 30 heteroatoms. The Hall–Kier alpha value is -11.5. The number of esters is 6. The molecular weight excluding hydrogens is 1280 g/mol. The van der Waals surface area contributed by atoms with E-state index >= 15 is 24.0 Å². The summed E-state index contributed by atoms with van der Waals surface area (Å²) in [5, 5.41) is 0. The van der Waals surface area contributed by atoms with Crippen molar-refractivity contribution in [3.05, 3.63) is 68.8 Å². The van der Waals surface area contributed by atoms with Gasteiger partial charge in [-0.2, -0.15) is 0 Å². The molecule has 6 aromatic carbocycles. The number of carbonyl (C=O) groups excluding carboxylic acids is 6. The predicted molar refractivity (Wildman–Crippen MR) is 334 cm³/mol. The first kappa shape index (κ1) is 68.4. The SMILES string of the molecule is COC(=O)c1cc(OC)c(OC)c(OC)c1[C@H]1c2c(OC)c(OC)c(OC)c3c2C(=O)O[C@@H]1[C@H]1OC(=O)c2c(c(OC)c(OC)c(OC)c2-3)-c2c(cc(OC)c(OC)c2OC)C(=O)O[C@@H]2COC(=O)c3cc(OC)c(OC)c(OC)c3-c3c(cc(OC)c(OC)c3OC)C(=O)O[C@@H]12. The van der Waals surface area contributed by atoms with Crippen molar-refractivity contribution < 1.29 is 142 Å². The molecule has 0 spiro atoms. The molecule has 5 atom stereocenters. The highest BCUT2D eigenvalue weighted by atomic mass is 16.7. The summed E-state index contributed by atoms with van der Waals surface area (Å²) in [6.07, 6.45) is -9.45. The van der Waals surface area contributed by atoms with E-state index in [9.17, 15) is 4.79 Å². The zero-order valence-electron chi connectivity index (χ0n) is 56.2. The van der Waals surface area contributed by atoms with Crippen LogP contribution in [-0.4, -0.2) is 202 Å². The van der Waals surface area contributed by atoms with Gasteiger partial charge in [0.1, 0.15) is 6.61 Å². The quantitative estimate of drug-likeness (QED) is 0.0520. The lowest BCUT2D eigenvalue weighted by Gasteiger charge is -2.43. The van der Waals surface area contributed by atoms with E-state index < -0.39 is 112 Å². The van der Waals surface area contributed by atoms with Crippen molar-refractivity contribution in [1.29, 1.82) is 0 Å². The molecule has 0 N–H and O–H groups in total. The highest BCUT2D eigenvalue weighted by molar-refractivity contribution is 6.17. The highest BCUT2D eigenvalue weighted by Crippen LogP contribution is 2.65. The average Bonchev–Trinajstić information content (AvgIpc) is 1.34. The molecule has 0 aromatic heterocycles. The molecule has 0 saturated heterocycles. The third-order valence-corrected chi connectivity index (χ3v) is 16.9. The summed E-state index contributed by atoms with van der Waals surface area (Å²) in [5.41, 5.74) is -5.58. The number of carbonyl (C=O) groups is 6. The largest absolute Gasteiger partial charge is 0.493 e. The van der Waals surface area contributed by atoms with Crippen molar-refractivity contribution >= 4 is 35.8 Å². The Balaban J connectivity index is 1.52. The number of rotatable bonds is 20. The van der Waals surface area contributed by atoms with Crippen molar-refractivity contribution in [2.24, 2.45) is 0 Å². The van der Waals surface area contributed by atoms with Gasteiger partial charge in [-0.1, -0.05) is 0 Å². The second-order valence-electron chi connectivity index (χ2n) is 20.9. The summed E-state index contributed by atoms with van der Waals surface area (Å²) in [5.74, 6) is -13.9. The van der Waals surface area contributed by atoms with Gasteiger partial charge in [-0.25, -0.2) is 28.8 Å². The Bertz CT molecular complexity index is 4230. The van der Waals surface area contributed by atoms with E-state index in [4.69, 9.17) is 114 Å². The van der Waals surface area contributed by atoms with Crippen LogP contribution in [0.2, 0.25) is 0 Å². The number of benzene rings is 6. The van der Waals surface area contributed by atoms with Gasteiger partial charge in [-0.15, -0.1) is 0 Å². The van der Waals surface area contributed by atoms with E-state index in [-0.39, 0.29) is 142 Å². The van der Waals surface area contributed by atoms with Gasteiger partial charge >= 0.3 is 35.8 Å². The first-order valence-electron chi connectivity index (χ1n) is 29.0. The molecular formula is C67H68O30. The standard InChI is InChI=1S/C67H68O30/c1-74-29-20-25(62(68)92-19)36(52(84-11)47(29)80-7)38-40-44-42(57(89-16)60(91-18)55(40)87-14)41-43-39(54(86-13)59(90-17)56(41)88-15)37-28(23-32(77-4)48(81-8)53(37)85-12)64(70)94-33-24-93-63(69)26-21-30(75-2)45(78-5)50(82-9)34(26)35-27(22-31(76-3)46(79-6)51(35)83-10)65(71)95-49(33)61(97-67(43)73)58(38)96-66(44)72/h20-23,33,38,49,58,61H,24H2,1-19H3/t33-,38+,49-,58+,61+/m1/s1. The topological polar surface area (TPSA) is 324 Å². The minimum atomic E-state index is -2.46.